The van der Waals surface area contributed by atoms with E-state index in [1.54, 1.807) is 0 Å². The van der Waals surface area contributed by atoms with Crippen molar-refractivity contribution in [1.82, 2.24) is 10.2 Å². The fourth-order valence-corrected chi connectivity index (χ4v) is 1.51. The molecule has 0 saturated carbocycles. The first kappa shape index (κ1) is 13.1. The first-order chi connectivity index (χ1) is 9.06. The minimum absolute atomic E-state index is 0.0435. The second-order valence-corrected chi connectivity index (χ2v) is 4.32. The Balaban J connectivity index is 2.01. The van der Waals surface area contributed by atoms with Crippen LogP contribution in [0.15, 0.2) is 28.7 Å². The first-order valence-corrected chi connectivity index (χ1v) is 5.84. The van der Waals surface area contributed by atoms with Crippen LogP contribution in [0.2, 0.25) is 0 Å². The molecule has 1 N–H and O–H groups in total. The SMILES string of the molecule is CC(C)c1cccc(OCc2nnc(C(=O)O)o2)c1. The lowest BCUT2D eigenvalue weighted by atomic mass is 10.0. The quantitative estimate of drug-likeness (QED) is 0.890. The molecule has 0 amide bonds. The van der Waals surface area contributed by atoms with Crippen molar-refractivity contribution >= 4 is 5.97 Å². The van der Waals surface area contributed by atoms with Gasteiger partial charge in [0, 0.05) is 0 Å². The highest BCUT2D eigenvalue weighted by Gasteiger charge is 2.13. The number of carbonyl (C=O) groups is 1. The molecule has 0 spiro atoms. The van der Waals surface area contributed by atoms with Gasteiger partial charge in [-0.2, -0.15) is 0 Å². The monoisotopic (exact) mass is 262 g/mol. The average Bonchev–Trinajstić information content (AvgIpc) is 2.85. The molecule has 100 valence electrons. The van der Waals surface area contributed by atoms with Gasteiger partial charge in [-0.3, -0.25) is 0 Å². The standard InChI is InChI=1S/C13H14N2O4/c1-8(2)9-4-3-5-10(6-9)18-7-11-14-15-12(19-11)13(16)17/h3-6,8H,7H2,1-2H3,(H,16,17). The highest BCUT2D eigenvalue weighted by atomic mass is 16.5. The summed E-state index contributed by atoms with van der Waals surface area (Å²) in [5.74, 6) is -0.464. The maximum absolute atomic E-state index is 10.6. The maximum atomic E-state index is 10.6. The van der Waals surface area contributed by atoms with E-state index in [1.165, 1.54) is 0 Å². The van der Waals surface area contributed by atoms with Crippen LogP contribution in [0.3, 0.4) is 0 Å². The molecule has 0 aliphatic carbocycles. The largest absolute Gasteiger partial charge is 0.484 e. The van der Waals surface area contributed by atoms with Crippen molar-refractivity contribution in [3.63, 3.8) is 0 Å². The first-order valence-electron chi connectivity index (χ1n) is 5.84. The number of rotatable bonds is 5. The van der Waals surface area contributed by atoms with E-state index >= 15 is 0 Å². The molecule has 1 heterocycles. The summed E-state index contributed by atoms with van der Waals surface area (Å²) in [5.41, 5.74) is 1.16. The minimum Gasteiger partial charge on any atom is -0.484 e. The molecule has 0 bridgehead atoms. The number of carboxylic acids is 1. The Morgan fingerprint density at radius 1 is 1.42 bits per heavy atom. The summed E-state index contributed by atoms with van der Waals surface area (Å²) in [5, 5.41) is 15.6. The van der Waals surface area contributed by atoms with Crippen LogP contribution in [0.4, 0.5) is 0 Å². The number of nitrogens with zero attached hydrogens (tertiary/aromatic N) is 2. The van der Waals surface area contributed by atoms with Crippen molar-refractivity contribution in [1.29, 1.82) is 0 Å². The highest BCUT2D eigenvalue weighted by Crippen LogP contribution is 2.20. The van der Waals surface area contributed by atoms with Gasteiger partial charge in [0.05, 0.1) is 0 Å². The van der Waals surface area contributed by atoms with Crippen LogP contribution in [-0.4, -0.2) is 21.3 Å². The Morgan fingerprint density at radius 2 is 2.21 bits per heavy atom. The molecular weight excluding hydrogens is 248 g/mol. The number of hydrogen-bond acceptors (Lipinski definition) is 5. The van der Waals surface area contributed by atoms with Crippen molar-refractivity contribution < 1.29 is 19.1 Å². The predicted molar refractivity (Wildman–Crippen MR) is 66.1 cm³/mol. The van der Waals surface area contributed by atoms with Crippen molar-refractivity contribution in [2.45, 2.75) is 26.4 Å². The second-order valence-electron chi connectivity index (χ2n) is 4.32. The van der Waals surface area contributed by atoms with Crippen molar-refractivity contribution in [2.24, 2.45) is 0 Å². The summed E-state index contributed by atoms with van der Waals surface area (Å²) in [4.78, 5) is 10.6. The molecule has 0 saturated heterocycles. The molecule has 0 aliphatic rings. The lowest BCUT2D eigenvalue weighted by molar-refractivity contribution is 0.0649. The van der Waals surface area contributed by atoms with Crippen LogP contribution >= 0.6 is 0 Å². The third-order valence-corrected chi connectivity index (χ3v) is 2.54. The molecule has 0 aliphatic heterocycles. The zero-order valence-electron chi connectivity index (χ0n) is 10.7. The summed E-state index contributed by atoms with van der Waals surface area (Å²) in [6, 6.07) is 7.67. The summed E-state index contributed by atoms with van der Waals surface area (Å²) in [6.07, 6.45) is 0. The fourth-order valence-electron chi connectivity index (χ4n) is 1.51. The Morgan fingerprint density at radius 3 is 2.84 bits per heavy atom. The molecule has 6 nitrogen and oxygen atoms in total. The average molecular weight is 262 g/mol. The summed E-state index contributed by atoms with van der Waals surface area (Å²) in [7, 11) is 0. The number of ether oxygens (including phenoxy) is 1. The molecule has 2 aromatic rings. The van der Waals surface area contributed by atoms with Crippen LogP contribution in [-0.2, 0) is 6.61 Å². The maximum Gasteiger partial charge on any atom is 0.393 e. The Labute approximate surface area is 110 Å². The molecule has 0 radical (unpaired) electrons. The summed E-state index contributed by atoms with van der Waals surface area (Å²) >= 11 is 0. The van der Waals surface area contributed by atoms with E-state index in [-0.39, 0.29) is 12.5 Å². The zero-order valence-corrected chi connectivity index (χ0v) is 10.7. The molecule has 1 aromatic carbocycles. The Kier molecular flexibility index (Phi) is 3.79. The second kappa shape index (κ2) is 5.51. The fraction of sp³-hybridized carbons (Fsp3) is 0.308. The number of benzene rings is 1. The molecule has 2 rings (SSSR count). The molecule has 0 atom stereocenters. The highest BCUT2D eigenvalue weighted by molar-refractivity contribution is 5.81. The van der Waals surface area contributed by atoms with Gasteiger partial charge in [-0.15, -0.1) is 10.2 Å². The number of hydrogen-bond donors (Lipinski definition) is 1. The van der Waals surface area contributed by atoms with E-state index in [9.17, 15) is 4.79 Å². The van der Waals surface area contributed by atoms with Gasteiger partial charge >= 0.3 is 11.9 Å². The topological polar surface area (TPSA) is 85.5 Å². The molecule has 0 fully saturated rings. The van der Waals surface area contributed by atoms with E-state index in [4.69, 9.17) is 14.3 Å². The van der Waals surface area contributed by atoms with Crippen molar-refractivity contribution in [3.8, 4) is 5.75 Å². The molecule has 1 aromatic heterocycles. The van der Waals surface area contributed by atoms with Gasteiger partial charge in [0.2, 0.25) is 0 Å². The summed E-state index contributed by atoms with van der Waals surface area (Å²) in [6.45, 7) is 4.23. The lowest BCUT2D eigenvalue weighted by Crippen LogP contribution is -1.97. The van der Waals surface area contributed by atoms with Gasteiger partial charge in [-0.05, 0) is 23.6 Å². The number of carboxylic acid groups (broad SMARTS) is 1. The number of aromatic nitrogens is 2. The predicted octanol–water partition coefficient (Wildman–Crippen LogP) is 2.47. The summed E-state index contributed by atoms with van der Waals surface area (Å²) < 4.78 is 10.4. The minimum atomic E-state index is -1.25. The van der Waals surface area contributed by atoms with E-state index in [2.05, 4.69) is 24.0 Å². The third kappa shape index (κ3) is 3.31. The van der Waals surface area contributed by atoms with Crippen LogP contribution in [0.1, 0.15) is 41.9 Å². The van der Waals surface area contributed by atoms with Crippen LogP contribution in [0, 0.1) is 0 Å². The van der Waals surface area contributed by atoms with Crippen molar-refractivity contribution in [2.75, 3.05) is 0 Å². The van der Waals surface area contributed by atoms with Gasteiger partial charge in [0.25, 0.3) is 5.89 Å². The third-order valence-electron chi connectivity index (χ3n) is 2.54. The van der Waals surface area contributed by atoms with Crippen LogP contribution < -0.4 is 4.74 Å². The van der Waals surface area contributed by atoms with Gasteiger partial charge in [0.15, 0.2) is 6.61 Å². The van der Waals surface area contributed by atoms with Gasteiger partial charge in [0.1, 0.15) is 5.75 Å². The van der Waals surface area contributed by atoms with E-state index < -0.39 is 11.9 Å². The van der Waals surface area contributed by atoms with E-state index in [0.29, 0.717) is 11.7 Å². The zero-order chi connectivity index (χ0) is 13.8. The van der Waals surface area contributed by atoms with Crippen LogP contribution in [0.25, 0.3) is 0 Å². The number of aromatic carboxylic acids is 1. The van der Waals surface area contributed by atoms with Crippen LogP contribution in [0.5, 0.6) is 5.75 Å². The van der Waals surface area contributed by atoms with E-state index in [1.807, 2.05) is 24.3 Å². The lowest BCUT2D eigenvalue weighted by Gasteiger charge is -2.08. The van der Waals surface area contributed by atoms with Gasteiger partial charge < -0.3 is 14.3 Å². The normalized spacial score (nSPS) is 10.7. The van der Waals surface area contributed by atoms with Gasteiger partial charge in [-0.25, -0.2) is 4.79 Å². The van der Waals surface area contributed by atoms with Crippen molar-refractivity contribution in [3.05, 3.63) is 41.6 Å². The van der Waals surface area contributed by atoms with Gasteiger partial charge in [-0.1, -0.05) is 26.0 Å². The molecule has 6 heteroatoms. The molecule has 0 unspecified atom stereocenters. The van der Waals surface area contributed by atoms with E-state index in [0.717, 1.165) is 5.56 Å². The molecular formula is C13H14N2O4. The Bertz CT molecular complexity index is 578. The smallest absolute Gasteiger partial charge is 0.393 e. The Hall–Kier alpha value is -2.37. The molecule has 19 heavy (non-hydrogen) atoms.